The topological polar surface area (TPSA) is 114 Å². The third-order valence-electron chi connectivity index (χ3n) is 4.09. The highest BCUT2D eigenvalue weighted by Gasteiger charge is 2.61. The average Bonchev–Trinajstić information content (AvgIpc) is 2.96. The van der Waals surface area contributed by atoms with Crippen LogP contribution in [0.5, 0.6) is 0 Å². The van der Waals surface area contributed by atoms with E-state index in [1.165, 1.54) is 6.20 Å². The molecule has 9 heteroatoms. The molecule has 4 atom stereocenters. The highest BCUT2D eigenvalue weighted by molar-refractivity contribution is 6.83. The maximum Gasteiger partial charge on any atom is 0.330 e. The molecule has 0 spiro atoms. The number of aliphatic hydroxyl groups is 2. The van der Waals surface area contributed by atoms with Crippen molar-refractivity contribution in [3.63, 3.8) is 0 Å². The molecule has 8 nitrogen and oxygen atoms in total. The first-order valence-corrected chi connectivity index (χ1v) is 11.1. The van der Waals surface area contributed by atoms with Crippen LogP contribution in [0.2, 0.25) is 19.6 Å². The third-order valence-corrected chi connectivity index (χ3v) is 4.96. The van der Waals surface area contributed by atoms with E-state index in [2.05, 4.69) is 16.4 Å². The van der Waals surface area contributed by atoms with E-state index in [-0.39, 0.29) is 12.2 Å². The zero-order chi connectivity index (χ0) is 17.7. The van der Waals surface area contributed by atoms with Crippen molar-refractivity contribution >= 4 is 8.07 Å². The molecule has 130 valence electrons. The summed E-state index contributed by atoms with van der Waals surface area (Å²) in [5, 5.41) is 19.7. The third kappa shape index (κ3) is 2.76. The van der Waals surface area contributed by atoms with Crippen LogP contribution < -0.4 is 11.2 Å². The lowest BCUT2D eigenvalue weighted by molar-refractivity contribution is -0.187. The number of aromatic nitrogens is 2. The smallest absolute Gasteiger partial charge is 0.330 e. The van der Waals surface area contributed by atoms with Crippen molar-refractivity contribution in [2.45, 2.75) is 43.7 Å². The van der Waals surface area contributed by atoms with Gasteiger partial charge in [0.05, 0.1) is 13.2 Å². The molecule has 3 N–H and O–H groups in total. The summed E-state index contributed by atoms with van der Waals surface area (Å²) in [6.45, 7) is 5.74. The van der Waals surface area contributed by atoms with Crippen molar-refractivity contribution in [1.29, 1.82) is 0 Å². The number of rotatable bonds is 2. The van der Waals surface area contributed by atoms with Gasteiger partial charge in [0.25, 0.3) is 5.56 Å². The fourth-order valence-electron chi connectivity index (χ4n) is 2.77. The minimum atomic E-state index is -1.70. The quantitative estimate of drug-likeness (QED) is 0.454. The first kappa shape index (κ1) is 17.1. The van der Waals surface area contributed by atoms with Gasteiger partial charge in [0.1, 0.15) is 31.4 Å². The molecule has 3 rings (SSSR count). The number of hydrogen-bond acceptors (Lipinski definition) is 6. The molecule has 0 amide bonds. The van der Waals surface area contributed by atoms with Crippen molar-refractivity contribution < 1.29 is 19.7 Å². The maximum atomic E-state index is 12.1. The van der Waals surface area contributed by atoms with E-state index in [9.17, 15) is 19.8 Å². The van der Waals surface area contributed by atoms with E-state index in [1.807, 2.05) is 19.6 Å². The van der Waals surface area contributed by atoms with Gasteiger partial charge in [-0.1, -0.05) is 25.6 Å². The zero-order valence-corrected chi connectivity index (χ0v) is 14.7. The van der Waals surface area contributed by atoms with Crippen LogP contribution in [0.15, 0.2) is 15.8 Å². The lowest BCUT2D eigenvalue weighted by atomic mass is 10.0. The molecule has 2 saturated heterocycles. The number of aromatic amines is 1. The largest absolute Gasteiger partial charge is 0.393 e. The first-order valence-electron chi connectivity index (χ1n) is 7.64. The summed E-state index contributed by atoms with van der Waals surface area (Å²) in [5.41, 5.74) is 0.731. The van der Waals surface area contributed by atoms with Gasteiger partial charge in [-0.05, 0) is 0 Å². The minimum absolute atomic E-state index is 0.0478. The molecule has 0 aliphatic carbocycles. The summed E-state index contributed by atoms with van der Waals surface area (Å²) >= 11 is 0. The number of aliphatic hydroxyl groups excluding tert-OH is 2. The lowest BCUT2D eigenvalue weighted by Crippen LogP contribution is -2.44. The molecular formula is C15H20N2O6Si. The first-order chi connectivity index (χ1) is 11.2. The molecular weight excluding hydrogens is 332 g/mol. The van der Waals surface area contributed by atoms with Gasteiger partial charge in [-0.2, -0.15) is 0 Å². The monoisotopic (exact) mass is 352 g/mol. The highest BCUT2D eigenvalue weighted by atomic mass is 28.3. The van der Waals surface area contributed by atoms with Crippen LogP contribution in [0.3, 0.4) is 0 Å². The molecule has 0 saturated carbocycles. The predicted octanol–water partition coefficient (Wildman–Crippen LogP) is -1.21. The molecule has 24 heavy (non-hydrogen) atoms. The molecule has 2 bridgehead atoms. The van der Waals surface area contributed by atoms with Gasteiger partial charge in [0.2, 0.25) is 0 Å². The normalized spacial score (nSPS) is 31.8. The molecule has 0 aromatic carbocycles. The van der Waals surface area contributed by atoms with Gasteiger partial charge < -0.3 is 19.7 Å². The predicted molar refractivity (Wildman–Crippen MR) is 87.2 cm³/mol. The maximum absolute atomic E-state index is 12.1. The van der Waals surface area contributed by atoms with Crippen molar-refractivity contribution in [3.8, 4) is 11.5 Å². The second-order valence-corrected chi connectivity index (χ2v) is 11.9. The summed E-state index contributed by atoms with van der Waals surface area (Å²) in [7, 11) is -1.70. The SMILES string of the molecule is C[Si](C)(C)C#Cc1cn([C@@H]2O[C@@]3(CO)CO[C@H]2C3O)c(=O)[nH]c1=O. The molecule has 0 radical (unpaired) electrons. The van der Waals surface area contributed by atoms with Crippen LogP contribution in [0.25, 0.3) is 0 Å². The second-order valence-electron chi connectivity index (χ2n) is 7.16. The van der Waals surface area contributed by atoms with Gasteiger partial charge in [0, 0.05) is 6.20 Å². The van der Waals surface area contributed by atoms with Gasteiger partial charge in [-0.15, -0.1) is 5.54 Å². The standard InChI is InChI=1S/C15H20N2O6Si/c1-24(2,3)5-4-9-6-17(14(21)16-12(9)20)13-10-11(19)15(7-18,23-13)8-22-10/h6,10-11,13,18-19H,7-8H2,1-3H3,(H,16,20,21)/t10-,11?,13+,15-/m0/s1. The van der Waals surface area contributed by atoms with Crippen molar-refractivity contribution in [2.75, 3.05) is 13.2 Å². The Labute approximate surface area is 139 Å². The average molecular weight is 352 g/mol. The Balaban J connectivity index is 2.02. The van der Waals surface area contributed by atoms with Crippen LogP contribution in [-0.2, 0) is 9.47 Å². The summed E-state index contributed by atoms with van der Waals surface area (Å²) in [5.74, 6) is 2.82. The molecule has 2 aliphatic rings. The second kappa shape index (κ2) is 5.68. The van der Waals surface area contributed by atoms with E-state index >= 15 is 0 Å². The molecule has 1 aromatic heterocycles. The molecule has 1 aromatic rings. The van der Waals surface area contributed by atoms with Crippen LogP contribution in [-0.4, -0.2) is 58.9 Å². The number of nitrogens with zero attached hydrogens (tertiary/aromatic N) is 1. The Morgan fingerprint density at radius 3 is 2.75 bits per heavy atom. The Morgan fingerprint density at radius 1 is 1.46 bits per heavy atom. The number of ether oxygens (including phenoxy) is 2. The van der Waals surface area contributed by atoms with Crippen LogP contribution in [0.1, 0.15) is 11.8 Å². The van der Waals surface area contributed by atoms with Gasteiger partial charge in [0.15, 0.2) is 6.23 Å². The van der Waals surface area contributed by atoms with Gasteiger partial charge >= 0.3 is 5.69 Å². The number of H-pyrrole nitrogens is 1. The van der Waals surface area contributed by atoms with Crippen molar-refractivity contribution in [2.24, 2.45) is 0 Å². The van der Waals surface area contributed by atoms with E-state index in [4.69, 9.17) is 9.47 Å². The van der Waals surface area contributed by atoms with E-state index < -0.39 is 50.0 Å². The Bertz CT molecular complexity index is 829. The highest BCUT2D eigenvalue weighted by Crippen LogP contribution is 2.44. The van der Waals surface area contributed by atoms with E-state index in [0.717, 1.165) is 4.57 Å². The molecule has 2 aliphatic heterocycles. The van der Waals surface area contributed by atoms with E-state index in [0.29, 0.717) is 0 Å². The van der Waals surface area contributed by atoms with Crippen LogP contribution in [0, 0.1) is 11.5 Å². The van der Waals surface area contributed by atoms with Crippen LogP contribution in [0.4, 0.5) is 0 Å². The number of nitrogens with one attached hydrogen (secondary N) is 1. The summed E-state index contributed by atoms with van der Waals surface area (Å²) in [4.78, 5) is 26.3. The molecule has 2 fully saturated rings. The Hall–Kier alpha value is -1.70. The van der Waals surface area contributed by atoms with Gasteiger partial charge in [-0.3, -0.25) is 14.3 Å². The van der Waals surface area contributed by atoms with Crippen molar-refractivity contribution in [1.82, 2.24) is 9.55 Å². The number of fused-ring (bicyclic) bond motifs is 2. The fourth-order valence-corrected chi connectivity index (χ4v) is 3.28. The summed E-state index contributed by atoms with van der Waals surface area (Å²) in [6.07, 6.45) is -1.46. The minimum Gasteiger partial charge on any atom is -0.393 e. The molecule has 1 unspecified atom stereocenters. The Kier molecular flexibility index (Phi) is 4.06. The summed E-state index contributed by atoms with van der Waals surface area (Å²) < 4.78 is 12.3. The lowest BCUT2D eigenvalue weighted by Gasteiger charge is -2.29. The fraction of sp³-hybridized carbons (Fsp3) is 0.600. The zero-order valence-electron chi connectivity index (χ0n) is 13.7. The van der Waals surface area contributed by atoms with Crippen molar-refractivity contribution in [3.05, 3.63) is 32.6 Å². The van der Waals surface area contributed by atoms with Gasteiger partial charge in [-0.25, -0.2) is 4.79 Å². The number of hydrogen-bond donors (Lipinski definition) is 3. The molecule has 3 heterocycles. The Morgan fingerprint density at radius 2 is 2.17 bits per heavy atom. The van der Waals surface area contributed by atoms with Crippen LogP contribution >= 0.6 is 0 Å². The summed E-state index contributed by atoms with van der Waals surface area (Å²) in [6, 6.07) is 0. The van der Waals surface area contributed by atoms with E-state index in [1.54, 1.807) is 0 Å².